The van der Waals surface area contributed by atoms with Crippen molar-refractivity contribution in [1.82, 2.24) is 15.3 Å². The first kappa shape index (κ1) is 30.1. The van der Waals surface area contributed by atoms with E-state index < -0.39 is 20.3 Å². The highest BCUT2D eigenvalue weighted by Gasteiger charge is 2.32. The first-order valence-corrected chi connectivity index (χ1v) is 15.0. The van der Waals surface area contributed by atoms with Crippen molar-refractivity contribution in [2.24, 2.45) is 0 Å². The highest BCUT2D eigenvalue weighted by Crippen LogP contribution is 2.38. The van der Waals surface area contributed by atoms with Gasteiger partial charge in [-0.3, -0.25) is 0 Å². The van der Waals surface area contributed by atoms with Gasteiger partial charge in [0.15, 0.2) is 15.7 Å². The number of piperidine rings is 1. The molecule has 212 valence electrons. The van der Waals surface area contributed by atoms with Crippen molar-refractivity contribution in [2.45, 2.75) is 68.7 Å². The lowest BCUT2D eigenvalue weighted by atomic mass is 9.87. The first-order valence-electron chi connectivity index (χ1n) is 13.1. The van der Waals surface area contributed by atoms with Crippen LogP contribution in [-0.2, 0) is 9.84 Å². The molecule has 0 spiro atoms. The van der Waals surface area contributed by atoms with Gasteiger partial charge in [-0.2, -0.15) is 4.98 Å². The quantitative estimate of drug-likeness (QED) is 0.199. The zero-order valence-electron chi connectivity index (χ0n) is 23.4. The van der Waals surface area contributed by atoms with E-state index in [-0.39, 0.29) is 27.4 Å². The van der Waals surface area contributed by atoms with Crippen LogP contribution in [0, 0.1) is 6.92 Å². The standard InChI is InChI=1S/C28H35BClN5O4S/c1-17-14-22(23(39-28(4,5)36)15-19(17)18-10-12-31-13-11-18)34-26-32-16-20(30)25(35-26)33-21-8-6-7-9-24(21)40(37,38)27(2,3)29/h6-9,14-16,18,31,36H,10-13H2,1-5H3,(H2,32,33,34,35). The number of aliphatic hydroxyl groups is 1. The van der Waals surface area contributed by atoms with Gasteiger partial charge < -0.3 is 25.8 Å². The molecule has 0 atom stereocenters. The molecule has 2 aromatic carbocycles. The molecule has 4 rings (SSSR count). The fraction of sp³-hybridized carbons (Fsp3) is 0.429. The fourth-order valence-corrected chi connectivity index (χ4v) is 5.95. The average Bonchev–Trinajstić information content (AvgIpc) is 2.87. The molecule has 1 aliphatic heterocycles. The summed E-state index contributed by atoms with van der Waals surface area (Å²) < 4.78 is 30.6. The van der Waals surface area contributed by atoms with E-state index in [0.29, 0.717) is 17.4 Å². The zero-order chi connectivity index (χ0) is 29.3. The number of aromatic nitrogens is 2. The number of hydrogen-bond acceptors (Lipinski definition) is 9. The summed E-state index contributed by atoms with van der Waals surface area (Å²) in [5.74, 6) is -0.180. The second-order valence-electron chi connectivity index (χ2n) is 11.0. The van der Waals surface area contributed by atoms with Crippen molar-refractivity contribution in [3.63, 3.8) is 0 Å². The smallest absolute Gasteiger partial charge is 0.229 e. The van der Waals surface area contributed by atoms with E-state index >= 15 is 0 Å². The predicted octanol–water partition coefficient (Wildman–Crippen LogP) is 5.18. The molecule has 0 unspecified atom stereocenters. The maximum absolute atomic E-state index is 13.1. The van der Waals surface area contributed by atoms with E-state index in [1.807, 2.05) is 19.1 Å². The molecule has 2 radical (unpaired) electrons. The van der Waals surface area contributed by atoms with Gasteiger partial charge in [-0.15, -0.1) is 0 Å². The van der Waals surface area contributed by atoms with Gasteiger partial charge in [0, 0.05) is 18.5 Å². The second-order valence-corrected chi connectivity index (χ2v) is 13.9. The maximum atomic E-state index is 13.1. The SMILES string of the molecule is [B]C(C)(C)S(=O)(=O)c1ccccc1Nc1nc(Nc2cc(C)c(C3CCNCC3)cc2OC(C)(C)O)ncc1Cl. The third-order valence-electron chi connectivity index (χ3n) is 6.62. The van der Waals surface area contributed by atoms with Crippen LogP contribution in [0.5, 0.6) is 5.75 Å². The van der Waals surface area contributed by atoms with E-state index in [0.717, 1.165) is 31.5 Å². The highest BCUT2D eigenvalue weighted by atomic mass is 35.5. The number of rotatable bonds is 9. The molecular formula is C28H35BClN5O4S. The number of nitrogens with zero attached hydrogens (tertiary/aromatic N) is 2. The van der Waals surface area contributed by atoms with Crippen LogP contribution in [0.25, 0.3) is 0 Å². The van der Waals surface area contributed by atoms with Crippen LogP contribution in [0.4, 0.5) is 23.1 Å². The van der Waals surface area contributed by atoms with Crippen LogP contribution in [-0.4, -0.2) is 54.9 Å². The Hall–Kier alpha value is -2.86. The summed E-state index contributed by atoms with van der Waals surface area (Å²) in [7, 11) is 2.09. The van der Waals surface area contributed by atoms with Gasteiger partial charge >= 0.3 is 0 Å². The Morgan fingerprint density at radius 2 is 1.77 bits per heavy atom. The molecule has 0 amide bonds. The fourth-order valence-electron chi connectivity index (χ4n) is 4.58. The molecule has 1 saturated heterocycles. The molecule has 2 heterocycles. The second kappa shape index (κ2) is 11.6. The minimum atomic E-state index is -3.87. The van der Waals surface area contributed by atoms with Crippen LogP contribution < -0.4 is 20.7 Å². The minimum absolute atomic E-state index is 0.0247. The molecule has 1 aliphatic rings. The van der Waals surface area contributed by atoms with E-state index in [9.17, 15) is 13.5 Å². The molecule has 1 aromatic heterocycles. The number of anilines is 4. The number of sulfone groups is 1. The van der Waals surface area contributed by atoms with Crippen LogP contribution in [0.3, 0.4) is 0 Å². The Kier molecular flexibility index (Phi) is 8.70. The molecule has 3 aromatic rings. The van der Waals surface area contributed by atoms with E-state index in [2.05, 4.69) is 25.9 Å². The van der Waals surface area contributed by atoms with E-state index in [1.54, 1.807) is 32.0 Å². The van der Waals surface area contributed by atoms with E-state index in [1.165, 1.54) is 31.7 Å². The van der Waals surface area contributed by atoms with Gasteiger partial charge in [0.05, 0.1) is 30.3 Å². The van der Waals surface area contributed by atoms with Gasteiger partial charge in [-0.05, 0) is 74.2 Å². The molecule has 40 heavy (non-hydrogen) atoms. The van der Waals surface area contributed by atoms with Gasteiger partial charge in [0.1, 0.15) is 10.8 Å². The molecule has 4 N–H and O–H groups in total. The summed E-state index contributed by atoms with van der Waals surface area (Å²) in [6, 6.07) is 10.3. The summed E-state index contributed by atoms with van der Waals surface area (Å²) >= 11 is 6.40. The number of hydrogen-bond donors (Lipinski definition) is 4. The largest absolute Gasteiger partial charge is 0.461 e. The lowest BCUT2D eigenvalue weighted by Crippen LogP contribution is -2.32. The van der Waals surface area contributed by atoms with E-state index in [4.69, 9.17) is 24.2 Å². The highest BCUT2D eigenvalue weighted by molar-refractivity contribution is 7.94. The van der Waals surface area contributed by atoms with Crippen LogP contribution in [0.15, 0.2) is 47.5 Å². The molecule has 0 bridgehead atoms. The van der Waals surface area contributed by atoms with Gasteiger partial charge in [-0.25, -0.2) is 13.4 Å². The lowest BCUT2D eigenvalue weighted by Gasteiger charge is -2.28. The third kappa shape index (κ3) is 6.88. The normalized spacial score (nSPS) is 15.1. The zero-order valence-corrected chi connectivity index (χ0v) is 24.9. The summed E-state index contributed by atoms with van der Waals surface area (Å²) in [5, 5.41) is 20.2. The Morgan fingerprint density at radius 1 is 1.10 bits per heavy atom. The van der Waals surface area contributed by atoms with Crippen LogP contribution in [0.1, 0.15) is 57.6 Å². The summed E-state index contributed by atoms with van der Waals surface area (Å²) in [6.45, 7) is 9.95. The number of aryl methyl sites for hydroxylation is 1. The molecule has 1 fully saturated rings. The summed E-state index contributed by atoms with van der Waals surface area (Å²) in [6.07, 6.45) is 3.45. The molecule has 0 aliphatic carbocycles. The third-order valence-corrected chi connectivity index (χ3v) is 9.22. The van der Waals surface area contributed by atoms with Crippen molar-refractivity contribution in [1.29, 1.82) is 0 Å². The minimum Gasteiger partial charge on any atom is -0.461 e. The van der Waals surface area contributed by atoms with Gasteiger partial charge in [0.2, 0.25) is 11.7 Å². The Labute approximate surface area is 242 Å². The predicted molar refractivity (Wildman–Crippen MR) is 160 cm³/mol. The maximum Gasteiger partial charge on any atom is 0.229 e. The first-order chi connectivity index (χ1) is 18.7. The number of halogens is 1. The number of benzene rings is 2. The van der Waals surface area contributed by atoms with Crippen LogP contribution in [0.2, 0.25) is 5.02 Å². The Balaban J connectivity index is 1.69. The number of nitrogens with one attached hydrogen (secondary N) is 3. The number of ether oxygens (including phenoxy) is 1. The Bertz CT molecular complexity index is 1480. The molecule has 12 heteroatoms. The topological polar surface area (TPSA) is 125 Å². The molecule has 0 saturated carbocycles. The van der Waals surface area contributed by atoms with Gasteiger partial charge in [-0.1, -0.05) is 37.6 Å². The van der Waals surface area contributed by atoms with Crippen molar-refractivity contribution in [2.75, 3.05) is 23.7 Å². The van der Waals surface area contributed by atoms with Crippen molar-refractivity contribution in [3.05, 3.63) is 58.7 Å². The van der Waals surface area contributed by atoms with Crippen molar-refractivity contribution >= 4 is 52.4 Å². The number of para-hydroxylation sites is 1. The Morgan fingerprint density at radius 3 is 2.42 bits per heavy atom. The average molecular weight is 584 g/mol. The van der Waals surface area contributed by atoms with Crippen molar-refractivity contribution in [3.8, 4) is 5.75 Å². The van der Waals surface area contributed by atoms with Crippen molar-refractivity contribution < 1.29 is 18.3 Å². The molecule has 9 nitrogen and oxygen atoms in total. The lowest BCUT2D eigenvalue weighted by molar-refractivity contribution is -0.104. The van der Waals surface area contributed by atoms with Gasteiger partial charge in [0.25, 0.3) is 0 Å². The van der Waals surface area contributed by atoms with Crippen LogP contribution >= 0.6 is 11.6 Å². The summed E-state index contributed by atoms with van der Waals surface area (Å²) in [5.41, 5.74) is 3.10. The molecular weight excluding hydrogens is 549 g/mol. The monoisotopic (exact) mass is 583 g/mol. The summed E-state index contributed by atoms with van der Waals surface area (Å²) in [4.78, 5) is 8.84.